The highest BCUT2D eigenvalue weighted by Gasteiger charge is 2.95. The van der Waals surface area contributed by atoms with Gasteiger partial charge in [-0.3, -0.25) is 0 Å². The molecule has 1 aromatic rings. The van der Waals surface area contributed by atoms with E-state index in [9.17, 15) is 74.6 Å². The summed E-state index contributed by atoms with van der Waals surface area (Å²) < 4.78 is 224. The minimum atomic E-state index is -8.54. The first-order chi connectivity index (χ1) is 14.3. The average molecular weight is 542 g/mol. The van der Waals surface area contributed by atoms with Gasteiger partial charge in [-0.25, -0.2) is 4.39 Å². The Bertz CT molecular complexity index is 810. The van der Waals surface area contributed by atoms with E-state index < -0.39 is 70.0 Å². The number of benzene rings is 1. The lowest BCUT2D eigenvalue weighted by atomic mass is 9.91. The second-order valence-electron chi connectivity index (χ2n) is 6.24. The van der Waals surface area contributed by atoms with Crippen LogP contribution in [0.5, 0.6) is 0 Å². The van der Waals surface area contributed by atoms with Gasteiger partial charge in [0.1, 0.15) is 0 Å². The highest BCUT2D eigenvalue weighted by molar-refractivity contribution is 7.99. The quantitative estimate of drug-likeness (QED) is 0.301. The molecule has 0 aliphatic rings. The first kappa shape index (κ1) is 29.4. The molecule has 0 N–H and O–H groups in total. The molecule has 0 saturated carbocycles. The number of hydrogen-bond acceptors (Lipinski definition) is 1. The zero-order valence-electron chi connectivity index (χ0n) is 14.9. The van der Waals surface area contributed by atoms with E-state index in [2.05, 4.69) is 0 Å². The highest BCUT2D eigenvalue weighted by atomic mass is 32.2. The number of thioether (sulfide) groups is 1. The van der Waals surface area contributed by atoms with E-state index in [0.717, 1.165) is 24.3 Å². The molecule has 0 fully saturated rings. The molecular formula is C15H7F17S. The molecule has 0 aliphatic carbocycles. The lowest BCUT2D eigenvalue weighted by Gasteiger charge is -2.43. The van der Waals surface area contributed by atoms with Crippen LogP contribution in [-0.2, 0) is 5.75 Å². The van der Waals surface area contributed by atoms with Crippen LogP contribution in [0.1, 0.15) is 5.56 Å². The predicted molar refractivity (Wildman–Crippen MR) is 78.4 cm³/mol. The first-order valence-corrected chi connectivity index (χ1v) is 8.71. The van der Waals surface area contributed by atoms with Gasteiger partial charge >= 0.3 is 47.0 Å². The van der Waals surface area contributed by atoms with Gasteiger partial charge in [0, 0.05) is 5.75 Å². The summed E-state index contributed by atoms with van der Waals surface area (Å²) in [4.78, 5) is 0. The third kappa shape index (κ3) is 4.31. The van der Waals surface area contributed by atoms with Gasteiger partial charge in [-0.05, 0) is 5.56 Å². The highest BCUT2D eigenvalue weighted by Crippen LogP contribution is 2.66. The fraction of sp³-hybridized carbons (Fsp3) is 0.600. The number of hydrogen-bond donors (Lipinski definition) is 0. The Morgan fingerprint density at radius 1 is 0.455 bits per heavy atom. The van der Waals surface area contributed by atoms with Crippen molar-refractivity contribution < 1.29 is 74.6 Å². The van der Waals surface area contributed by atoms with E-state index in [4.69, 9.17) is 0 Å². The van der Waals surface area contributed by atoms with Gasteiger partial charge in [0.2, 0.25) is 0 Å². The van der Waals surface area contributed by atoms with Crippen LogP contribution in [0.15, 0.2) is 30.3 Å². The maximum absolute atomic E-state index is 14.3. The van der Waals surface area contributed by atoms with Gasteiger partial charge in [-0.15, -0.1) is 11.8 Å². The maximum Gasteiger partial charge on any atom is 0.460 e. The van der Waals surface area contributed by atoms with E-state index in [1.165, 1.54) is 6.07 Å². The monoisotopic (exact) mass is 542 g/mol. The zero-order valence-corrected chi connectivity index (χ0v) is 15.7. The van der Waals surface area contributed by atoms with Crippen molar-refractivity contribution in [2.24, 2.45) is 0 Å². The van der Waals surface area contributed by atoms with Crippen molar-refractivity contribution in [2.75, 3.05) is 0 Å². The fourth-order valence-electron chi connectivity index (χ4n) is 2.08. The molecule has 33 heavy (non-hydrogen) atoms. The Morgan fingerprint density at radius 3 is 1.18 bits per heavy atom. The fourth-order valence-corrected chi connectivity index (χ4v) is 3.11. The van der Waals surface area contributed by atoms with Gasteiger partial charge in [-0.1, -0.05) is 30.3 Å². The Hall–Kier alpha value is -1.62. The summed E-state index contributed by atoms with van der Waals surface area (Å²) in [5.74, 6) is -43.2. The molecule has 1 unspecified atom stereocenters. The maximum atomic E-state index is 14.3. The molecule has 0 spiro atoms. The minimum absolute atomic E-state index is 0.506. The number of alkyl halides is 17. The van der Waals surface area contributed by atoms with Crippen molar-refractivity contribution in [3.8, 4) is 0 Å². The molecule has 1 aromatic carbocycles. The Morgan fingerprint density at radius 2 is 0.818 bits per heavy atom. The molecule has 1 atom stereocenters. The van der Waals surface area contributed by atoms with E-state index in [1.807, 2.05) is 0 Å². The largest absolute Gasteiger partial charge is 0.460 e. The van der Waals surface area contributed by atoms with Gasteiger partial charge in [0.15, 0.2) is 0 Å². The Kier molecular flexibility index (Phi) is 7.35. The zero-order chi connectivity index (χ0) is 26.5. The summed E-state index contributed by atoms with van der Waals surface area (Å²) >= 11 is -1.85. The molecule has 0 amide bonds. The minimum Gasteiger partial charge on any atom is -0.215 e. The van der Waals surface area contributed by atoms with Crippen LogP contribution in [0, 0.1) is 0 Å². The SMILES string of the molecule is FC(F)(F)C(F)(F)C(F)(F)C(F)(F)C(F)(F)C(F)(F)C(F)(SCc1ccccc1)C(F)(F)F. The van der Waals surface area contributed by atoms with Crippen LogP contribution in [0.2, 0.25) is 0 Å². The van der Waals surface area contributed by atoms with Crippen LogP contribution in [0.3, 0.4) is 0 Å². The lowest BCUT2D eigenvalue weighted by Crippen LogP contribution is -2.74. The number of rotatable bonds is 8. The third-order valence-corrected chi connectivity index (χ3v) is 5.35. The van der Waals surface area contributed by atoms with E-state index in [1.54, 1.807) is 0 Å². The summed E-state index contributed by atoms with van der Waals surface area (Å²) in [6.45, 7) is 0. The smallest absolute Gasteiger partial charge is 0.215 e. The molecule has 0 nitrogen and oxygen atoms in total. The molecule has 0 saturated heterocycles. The van der Waals surface area contributed by atoms with Gasteiger partial charge < -0.3 is 0 Å². The van der Waals surface area contributed by atoms with Crippen LogP contribution in [0.25, 0.3) is 0 Å². The molecule has 1 rings (SSSR count). The molecular weight excluding hydrogens is 535 g/mol. The topological polar surface area (TPSA) is 0 Å². The third-order valence-electron chi connectivity index (χ3n) is 3.98. The summed E-state index contributed by atoms with van der Waals surface area (Å²) in [5, 5.41) is -6.85. The predicted octanol–water partition coefficient (Wildman–Crippen LogP) is 7.89. The van der Waals surface area contributed by atoms with Crippen molar-refractivity contribution in [3.63, 3.8) is 0 Å². The molecule has 0 aromatic heterocycles. The van der Waals surface area contributed by atoms with Crippen molar-refractivity contribution in [1.29, 1.82) is 0 Å². The van der Waals surface area contributed by atoms with Gasteiger partial charge in [0.05, 0.1) is 0 Å². The summed E-state index contributed by atoms with van der Waals surface area (Å²) in [6, 6.07) is 4.85. The van der Waals surface area contributed by atoms with Crippen LogP contribution in [0.4, 0.5) is 74.6 Å². The van der Waals surface area contributed by atoms with Crippen molar-refractivity contribution in [3.05, 3.63) is 35.9 Å². The molecule has 0 bridgehead atoms. The Labute approximate surface area is 176 Å². The van der Waals surface area contributed by atoms with E-state index in [-0.39, 0.29) is 0 Å². The van der Waals surface area contributed by atoms with Gasteiger partial charge in [-0.2, -0.15) is 70.2 Å². The molecule has 192 valence electrons. The second kappa shape index (κ2) is 8.25. The first-order valence-electron chi connectivity index (χ1n) is 7.72. The van der Waals surface area contributed by atoms with E-state index in [0.29, 0.717) is 0 Å². The normalized spacial score (nSPS) is 17.1. The van der Waals surface area contributed by atoms with Crippen molar-refractivity contribution in [1.82, 2.24) is 0 Å². The van der Waals surface area contributed by atoms with Crippen molar-refractivity contribution >= 4 is 11.8 Å². The Balaban J connectivity index is 3.64. The summed E-state index contributed by atoms with van der Waals surface area (Å²) in [7, 11) is 0. The second-order valence-corrected chi connectivity index (χ2v) is 7.38. The van der Waals surface area contributed by atoms with Crippen molar-refractivity contribution in [2.45, 2.75) is 52.7 Å². The summed E-state index contributed by atoms with van der Waals surface area (Å²) in [6.07, 6.45) is -15.0. The summed E-state index contributed by atoms with van der Waals surface area (Å²) in [5.41, 5.74) is -0.506. The standard InChI is InChI=1S/C15H7F17S/c16-8(17,10(20,21)12(24,25)14(27,28)29)9(18,19)11(22,23)13(26,15(30,31)32)33-6-7-4-2-1-3-5-7/h1-5H,6H2. The lowest BCUT2D eigenvalue weighted by molar-refractivity contribution is -0.450. The van der Waals surface area contributed by atoms with Crippen LogP contribution >= 0.6 is 11.8 Å². The van der Waals surface area contributed by atoms with E-state index >= 15 is 0 Å². The molecule has 0 radical (unpaired) electrons. The van der Waals surface area contributed by atoms with Crippen LogP contribution < -0.4 is 0 Å². The van der Waals surface area contributed by atoms with Crippen LogP contribution in [-0.4, -0.2) is 47.0 Å². The average Bonchev–Trinajstić information content (AvgIpc) is 2.64. The van der Waals surface area contributed by atoms with Gasteiger partial charge in [0.25, 0.3) is 0 Å². The molecule has 0 aliphatic heterocycles. The molecule has 0 heterocycles. The number of halogens is 17. The molecule has 18 heteroatoms.